The van der Waals surface area contributed by atoms with Crippen LogP contribution >= 0.6 is 11.3 Å². The Kier molecular flexibility index (Phi) is 3.20. The van der Waals surface area contributed by atoms with E-state index in [2.05, 4.69) is 21.4 Å². The van der Waals surface area contributed by atoms with E-state index in [0.29, 0.717) is 13.0 Å². The highest BCUT2D eigenvalue weighted by Gasteiger charge is 2.05. The predicted octanol–water partition coefficient (Wildman–Crippen LogP) is 2.60. The number of nitrogens with one attached hydrogen (secondary N) is 1. The molecule has 0 saturated heterocycles. The molecule has 0 saturated carbocycles. The molecule has 94 valence electrons. The number of fused-ring (bicyclic) bond motifs is 1. The Labute approximate surface area is 114 Å². The largest absolute Gasteiger partial charge is 0.354 e. The summed E-state index contributed by atoms with van der Waals surface area (Å²) in [6.45, 7) is 0.524. The summed E-state index contributed by atoms with van der Waals surface area (Å²) >= 11 is 1.58. The van der Waals surface area contributed by atoms with E-state index in [1.165, 1.54) is 0 Å². The second kappa shape index (κ2) is 5.16. The third-order valence-corrected chi connectivity index (χ3v) is 3.81. The lowest BCUT2D eigenvalue weighted by molar-refractivity contribution is -0.109. The lowest BCUT2D eigenvalue weighted by atomic mass is 10.1. The van der Waals surface area contributed by atoms with Crippen molar-refractivity contribution in [1.82, 2.24) is 15.3 Å². The Morgan fingerprint density at radius 3 is 3.11 bits per heavy atom. The molecule has 0 spiro atoms. The zero-order valence-electron chi connectivity index (χ0n) is 10.0. The van der Waals surface area contributed by atoms with Gasteiger partial charge in [0.15, 0.2) is 0 Å². The molecule has 0 atom stereocenters. The standard InChI is InChI=1S/C14H11N3OS/c18-9-15-7-12-8-17-14(19-12)11-3-4-13-10(6-11)2-1-5-16-13/h1-6,8-9H,7H2,(H,15,18). The van der Waals surface area contributed by atoms with E-state index in [1.807, 2.05) is 24.3 Å². The molecule has 4 nitrogen and oxygen atoms in total. The molecule has 0 radical (unpaired) electrons. The van der Waals surface area contributed by atoms with Gasteiger partial charge >= 0.3 is 0 Å². The summed E-state index contributed by atoms with van der Waals surface area (Å²) in [6.07, 6.45) is 4.28. The average molecular weight is 269 g/mol. The number of aromatic nitrogens is 2. The average Bonchev–Trinajstić information content (AvgIpc) is 2.93. The summed E-state index contributed by atoms with van der Waals surface area (Å²) in [4.78, 5) is 20.0. The van der Waals surface area contributed by atoms with E-state index >= 15 is 0 Å². The normalized spacial score (nSPS) is 10.5. The molecule has 0 bridgehead atoms. The summed E-state index contributed by atoms with van der Waals surface area (Å²) in [5, 5.41) is 4.69. The van der Waals surface area contributed by atoms with Crippen molar-refractivity contribution in [2.75, 3.05) is 0 Å². The van der Waals surface area contributed by atoms with Gasteiger partial charge in [-0.15, -0.1) is 11.3 Å². The van der Waals surface area contributed by atoms with Crippen molar-refractivity contribution in [1.29, 1.82) is 0 Å². The van der Waals surface area contributed by atoms with Crippen LogP contribution in [0.1, 0.15) is 4.88 Å². The van der Waals surface area contributed by atoms with E-state index in [1.54, 1.807) is 23.7 Å². The van der Waals surface area contributed by atoms with E-state index in [-0.39, 0.29) is 0 Å². The maximum absolute atomic E-state index is 10.3. The van der Waals surface area contributed by atoms with E-state index in [0.717, 1.165) is 26.4 Å². The van der Waals surface area contributed by atoms with Crippen molar-refractivity contribution in [2.45, 2.75) is 6.54 Å². The maximum Gasteiger partial charge on any atom is 0.207 e. The van der Waals surface area contributed by atoms with E-state index in [9.17, 15) is 4.79 Å². The summed E-state index contributed by atoms with van der Waals surface area (Å²) in [6, 6.07) is 10.1. The Hall–Kier alpha value is -2.27. The molecular formula is C14H11N3OS. The molecular weight excluding hydrogens is 258 g/mol. The maximum atomic E-state index is 10.3. The zero-order valence-corrected chi connectivity index (χ0v) is 10.9. The number of carbonyl (C=O) groups excluding carboxylic acids is 1. The number of amides is 1. The molecule has 3 rings (SSSR count). The fourth-order valence-corrected chi connectivity index (χ4v) is 2.73. The zero-order chi connectivity index (χ0) is 13.1. The number of hydrogen-bond donors (Lipinski definition) is 1. The number of pyridine rings is 1. The topological polar surface area (TPSA) is 54.9 Å². The smallest absolute Gasteiger partial charge is 0.207 e. The van der Waals surface area contributed by atoms with E-state index < -0.39 is 0 Å². The quantitative estimate of drug-likeness (QED) is 0.741. The lowest BCUT2D eigenvalue weighted by Crippen LogP contribution is -2.07. The van der Waals surface area contributed by atoms with Gasteiger partial charge in [0.1, 0.15) is 5.01 Å². The molecule has 0 fully saturated rings. The van der Waals surface area contributed by atoms with Crippen molar-refractivity contribution < 1.29 is 4.79 Å². The van der Waals surface area contributed by atoms with Crippen LogP contribution in [0, 0.1) is 0 Å². The van der Waals surface area contributed by atoms with Crippen LogP contribution in [0.15, 0.2) is 42.7 Å². The molecule has 5 heteroatoms. The minimum absolute atomic E-state index is 0.524. The first-order valence-electron chi connectivity index (χ1n) is 5.84. The Bertz CT molecular complexity index is 723. The van der Waals surface area contributed by atoms with Crippen LogP contribution in [-0.2, 0) is 11.3 Å². The monoisotopic (exact) mass is 269 g/mol. The molecule has 1 N–H and O–H groups in total. The predicted molar refractivity (Wildman–Crippen MR) is 75.8 cm³/mol. The number of rotatable bonds is 4. The molecule has 1 amide bonds. The van der Waals surface area contributed by atoms with Crippen LogP contribution in [0.5, 0.6) is 0 Å². The molecule has 0 aliphatic rings. The van der Waals surface area contributed by atoms with Gasteiger partial charge in [0.05, 0.1) is 12.1 Å². The van der Waals surface area contributed by atoms with Crippen LogP contribution in [0.25, 0.3) is 21.5 Å². The first-order valence-corrected chi connectivity index (χ1v) is 6.65. The molecule has 0 aliphatic carbocycles. The highest BCUT2D eigenvalue weighted by molar-refractivity contribution is 7.15. The van der Waals surface area contributed by atoms with E-state index in [4.69, 9.17) is 0 Å². The van der Waals surface area contributed by atoms with Crippen LogP contribution in [-0.4, -0.2) is 16.4 Å². The SMILES string of the molecule is O=CNCc1cnc(-c2ccc3ncccc3c2)s1. The molecule has 0 aliphatic heterocycles. The van der Waals surface area contributed by atoms with Gasteiger partial charge in [-0.25, -0.2) is 4.98 Å². The minimum Gasteiger partial charge on any atom is -0.354 e. The Morgan fingerprint density at radius 2 is 2.21 bits per heavy atom. The van der Waals surface area contributed by atoms with Crippen molar-refractivity contribution in [3.8, 4) is 10.6 Å². The van der Waals surface area contributed by atoms with Crippen molar-refractivity contribution in [2.24, 2.45) is 0 Å². The number of thiazole rings is 1. The summed E-state index contributed by atoms with van der Waals surface area (Å²) in [7, 11) is 0. The van der Waals surface area contributed by atoms with Gasteiger partial charge < -0.3 is 5.32 Å². The molecule has 19 heavy (non-hydrogen) atoms. The summed E-state index contributed by atoms with van der Waals surface area (Å²) in [5.41, 5.74) is 2.05. The number of carbonyl (C=O) groups is 1. The van der Waals surface area contributed by atoms with Gasteiger partial charge in [0.25, 0.3) is 0 Å². The third kappa shape index (κ3) is 2.46. The number of benzene rings is 1. The van der Waals surface area contributed by atoms with Crippen molar-refractivity contribution in [3.05, 3.63) is 47.6 Å². The first kappa shape index (κ1) is 11.8. The van der Waals surface area contributed by atoms with Gasteiger partial charge in [-0.3, -0.25) is 9.78 Å². The Balaban J connectivity index is 1.94. The highest BCUT2D eigenvalue weighted by Crippen LogP contribution is 2.27. The second-order valence-corrected chi connectivity index (χ2v) is 5.16. The molecule has 1 aromatic carbocycles. The van der Waals surface area contributed by atoms with Crippen LogP contribution in [0.3, 0.4) is 0 Å². The summed E-state index contributed by atoms with van der Waals surface area (Å²) in [5.74, 6) is 0. The van der Waals surface area contributed by atoms with Crippen molar-refractivity contribution in [3.63, 3.8) is 0 Å². The number of hydrogen-bond acceptors (Lipinski definition) is 4. The van der Waals surface area contributed by atoms with Gasteiger partial charge in [0, 0.05) is 28.2 Å². The summed E-state index contributed by atoms with van der Waals surface area (Å²) < 4.78 is 0. The third-order valence-electron chi connectivity index (χ3n) is 2.76. The van der Waals surface area contributed by atoms with Gasteiger partial charge in [-0.2, -0.15) is 0 Å². The fraction of sp³-hybridized carbons (Fsp3) is 0.0714. The number of nitrogens with zero attached hydrogens (tertiary/aromatic N) is 2. The highest BCUT2D eigenvalue weighted by atomic mass is 32.1. The van der Waals surface area contributed by atoms with Crippen LogP contribution < -0.4 is 5.32 Å². The van der Waals surface area contributed by atoms with Crippen molar-refractivity contribution >= 4 is 28.6 Å². The second-order valence-electron chi connectivity index (χ2n) is 4.04. The van der Waals surface area contributed by atoms with Crippen LogP contribution in [0.2, 0.25) is 0 Å². The molecule has 2 aromatic heterocycles. The van der Waals surface area contributed by atoms with Gasteiger partial charge in [0.2, 0.25) is 6.41 Å². The van der Waals surface area contributed by atoms with Crippen LogP contribution in [0.4, 0.5) is 0 Å². The molecule has 2 heterocycles. The molecule has 0 unspecified atom stereocenters. The van der Waals surface area contributed by atoms with Gasteiger partial charge in [-0.05, 0) is 24.3 Å². The fourth-order valence-electron chi connectivity index (χ4n) is 1.87. The van der Waals surface area contributed by atoms with Gasteiger partial charge in [-0.1, -0.05) is 6.07 Å². The first-order chi connectivity index (χ1) is 9.36. The Morgan fingerprint density at radius 1 is 1.26 bits per heavy atom. The molecule has 3 aromatic rings. The lowest BCUT2D eigenvalue weighted by Gasteiger charge is -1.99. The minimum atomic E-state index is 0.524.